The van der Waals surface area contributed by atoms with Gasteiger partial charge < -0.3 is 19.6 Å². The van der Waals surface area contributed by atoms with E-state index in [4.69, 9.17) is 16.3 Å². The number of nitrogens with zero attached hydrogens (tertiary/aromatic N) is 7. The lowest BCUT2D eigenvalue weighted by molar-refractivity contribution is -0.207. The van der Waals surface area contributed by atoms with Gasteiger partial charge in [0.2, 0.25) is 5.91 Å². The number of aliphatic hydroxyl groups is 1. The fraction of sp³-hybridized carbons (Fsp3) is 0.683. The van der Waals surface area contributed by atoms with E-state index in [2.05, 4.69) is 59.6 Å². The highest BCUT2D eigenvalue weighted by Gasteiger charge is 2.68. The van der Waals surface area contributed by atoms with Crippen LogP contribution in [0, 0.1) is 34.0 Å². The van der Waals surface area contributed by atoms with Crippen molar-refractivity contribution in [2.75, 3.05) is 63.8 Å². The largest absolute Gasteiger partial charge is 0.461 e. The van der Waals surface area contributed by atoms with Gasteiger partial charge in [0.15, 0.2) is 0 Å². The molecule has 3 aliphatic carbocycles. The quantitative estimate of drug-likeness (QED) is 0.292. The lowest BCUT2D eigenvalue weighted by Gasteiger charge is -2.61. The van der Waals surface area contributed by atoms with Crippen molar-refractivity contribution >= 4 is 34.9 Å². The van der Waals surface area contributed by atoms with E-state index in [-0.39, 0.29) is 53.9 Å². The van der Waals surface area contributed by atoms with Gasteiger partial charge in [0.1, 0.15) is 18.4 Å². The molecule has 1 N–H and O–H groups in total. The first kappa shape index (κ1) is 38.9. The van der Waals surface area contributed by atoms with Crippen molar-refractivity contribution < 1.29 is 24.2 Å². The number of Topliss-reactive ketones (excluding diaryl/α,β-unsaturated/α-hetero) is 1. The number of amides is 1. The third-order valence-electron chi connectivity index (χ3n) is 14.5. The monoisotopic (exact) mass is 763 g/mol. The summed E-state index contributed by atoms with van der Waals surface area (Å²) in [5.74, 6) is -0.249. The van der Waals surface area contributed by atoms with Gasteiger partial charge in [-0.1, -0.05) is 50.6 Å². The lowest BCUT2D eigenvalue weighted by Crippen LogP contribution is -2.63. The molecule has 3 saturated carbocycles. The number of ketones is 1. The van der Waals surface area contributed by atoms with Crippen LogP contribution in [0.4, 0.5) is 5.69 Å². The smallest absolute Gasteiger partial charge is 0.320 e. The lowest BCUT2D eigenvalue weighted by atomic mass is 9.44. The molecule has 5 aliphatic rings. The summed E-state index contributed by atoms with van der Waals surface area (Å²) in [6.07, 6.45) is 6.00. The van der Waals surface area contributed by atoms with E-state index < -0.39 is 23.0 Å². The van der Waals surface area contributed by atoms with Crippen LogP contribution in [0.15, 0.2) is 43.1 Å². The van der Waals surface area contributed by atoms with Crippen molar-refractivity contribution in [1.82, 2.24) is 29.7 Å². The molecule has 12 nitrogen and oxygen atoms in total. The summed E-state index contributed by atoms with van der Waals surface area (Å²) in [4.78, 5) is 49.3. The predicted molar refractivity (Wildman–Crippen MR) is 207 cm³/mol. The Morgan fingerprint density at radius 2 is 1.69 bits per heavy atom. The van der Waals surface area contributed by atoms with Crippen molar-refractivity contribution in [1.29, 1.82) is 0 Å². The molecule has 294 valence electrons. The summed E-state index contributed by atoms with van der Waals surface area (Å²) in [6, 6.07) is 7.95. The van der Waals surface area contributed by atoms with Crippen LogP contribution in [0.2, 0.25) is 5.02 Å². The van der Waals surface area contributed by atoms with Crippen LogP contribution >= 0.6 is 11.6 Å². The molecule has 7 rings (SSSR count). The molecule has 0 radical (unpaired) electrons. The fourth-order valence-electron chi connectivity index (χ4n) is 10.8. The summed E-state index contributed by atoms with van der Waals surface area (Å²) >= 11 is 6.05. The SMILES string of the molecule is C=C[C@]1(C)C[C@@H](OC(=O)CN2CCN(C(=O)Cn3cc(CN4CCN(c5ccc(Cl)cc5)CC4)nn3)CC2)[C@@]2(C)[C@@H]3C(=O)CC[C@@]3(CC[C@@H]2C)[C@@H](C)[C@@H]1O. The van der Waals surface area contributed by atoms with Crippen LogP contribution in [-0.4, -0.2) is 124 Å². The summed E-state index contributed by atoms with van der Waals surface area (Å²) in [5.41, 5.74) is 0.496. The van der Waals surface area contributed by atoms with E-state index in [9.17, 15) is 19.5 Å². The first-order valence-corrected chi connectivity index (χ1v) is 20.3. The highest BCUT2D eigenvalue weighted by atomic mass is 35.5. The van der Waals surface area contributed by atoms with E-state index in [1.165, 1.54) is 5.69 Å². The molecule has 3 heterocycles. The maximum atomic E-state index is 13.8. The number of rotatable bonds is 9. The number of benzene rings is 1. The number of anilines is 1. The molecule has 2 aromatic rings. The van der Waals surface area contributed by atoms with Gasteiger partial charge in [0.05, 0.1) is 24.5 Å². The minimum atomic E-state index is -0.695. The number of piperazine rings is 2. The number of aromatic nitrogens is 3. The Morgan fingerprint density at radius 1 is 1.00 bits per heavy atom. The number of halogens is 1. The molecule has 0 spiro atoms. The molecule has 1 amide bonds. The number of aliphatic hydroxyl groups excluding tert-OH is 1. The highest BCUT2D eigenvalue weighted by molar-refractivity contribution is 6.30. The normalized spacial score (nSPS) is 34.9. The molecule has 54 heavy (non-hydrogen) atoms. The predicted octanol–water partition coefficient (Wildman–Crippen LogP) is 4.30. The summed E-state index contributed by atoms with van der Waals surface area (Å²) < 4.78 is 8.08. The number of carbonyl (C=O) groups excluding carboxylic acids is 3. The van der Waals surface area contributed by atoms with E-state index in [0.717, 1.165) is 56.2 Å². The number of carbonyl (C=O) groups is 3. The fourth-order valence-corrected chi connectivity index (χ4v) is 10.9. The minimum Gasteiger partial charge on any atom is -0.461 e. The Kier molecular flexibility index (Phi) is 11.0. The topological polar surface area (TPSA) is 124 Å². The van der Waals surface area contributed by atoms with Gasteiger partial charge >= 0.3 is 5.97 Å². The maximum absolute atomic E-state index is 13.8. The first-order chi connectivity index (χ1) is 25.8. The summed E-state index contributed by atoms with van der Waals surface area (Å²) in [5, 5.41) is 21.1. The third kappa shape index (κ3) is 7.23. The molecule has 1 aromatic carbocycles. The summed E-state index contributed by atoms with van der Waals surface area (Å²) in [7, 11) is 0. The van der Waals surface area contributed by atoms with Crippen LogP contribution in [0.5, 0.6) is 0 Å². The zero-order valence-electron chi connectivity index (χ0n) is 32.5. The van der Waals surface area contributed by atoms with E-state index >= 15 is 0 Å². The molecule has 5 fully saturated rings. The average molecular weight is 764 g/mol. The van der Waals surface area contributed by atoms with Gasteiger partial charge in [0, 0.05) is 92.8 Å². The molecule has 2 aliphatic heterocycles. The number of esters is 1. The third-order valence-corrected chi connectivity index (χ3v) is 14.7. The Bertz CT molecular complexity index is 1700. The van der Waals surface area contributed by atoms with Gasteiger partial charge in [0.25, 0.3) is 0 Å². The standard InChI is InChI=1S/C41H58ClN7O5/c1-6-39(4)23-34(40(5)28(2)11-13-41(29(3)38(39)53)14-12-33(50)37(40)41)54-36(52)27-46-17-21-48(22-18-46)35(51)26-49-25-31(43-44-49)24-45-15-19-47(20-16-45)32-9-7-30(42)8-10-32/h6-10,25,28-29,34,37-38,53H,1,11-24,26-27H2,2-5H3/t28-,29-,34+,37-,38-,39+,40-,41-/m0/s1. The van der Waals surface area contributed by atoms with Crippen LogP contribution in [0.25, 0.3) is 0 Å². The van der Waals surface area contributed by atoms with E-state index in [1.54, 1.807) is 4.68 Å². The van der Waals surface area contributed by atoms with Crippen molar-refractivity contribution in [3.8, 4) is 0 Å². The molecule has 1 aromatic heterocycles. The second-order valence-corrected chi connectivity index (χ2v) is 17.8. The zero-order valence-corrected chi connectivity index (χ0v) is 33.2. The van der Waals surface area contributed by atoms with Crippen molar-refractivity contribution in [2.45, 2.75) is 85.1 Å². The molecule has 13 heteroatoms. The Morgan fingerprint density at radius 3 is 2.37 bits per heavy atom. The molecular formula is C41H58ClN7O5. The Balaban J connectivity index is 0.909. The van der Waals surface area contributed by atoms with E-state index in [0.29, 0.717) is 45.6 Å². The van der Waals surface area contributed by atoms with Crippen LogP contribution in [0.1, 0.15) is 65.5 Å². The van der Waals surface area contributed by atoms with Gasteiger partial charge in [-0.2, -0.15) is 0 Å². The van der Waals surface area contributed by atoms with Gasteiger partial charge in [-0.25, -0.2) is 4.68 Å². The number of ether oxygens (including phenoxy) is 1. The minimum absolute atomic E-state index is 0.0276. The average Bonchev–Trinajstić information content (AvgIpc) is 3.76. The van der Waals surface area contributed by atoms with Gasteiger partial charge in [-0.05, 0) is 67.2 Å². The van der Waals surface area contributed by atoms with E-state index in [1.807, 2.05) is 41.1 Å². The van der Waals surface area contributed by atoms with Crippen molar-refractivity contribution in [3.63, 3.8) is 0 Å². The zero-order chi connectivity index (χ0) is 38.4. The summed E-state index contributed by atoms with van der Waals surface area (Å²) in [6.45, 7) is 19.3. The Hall–Kier alpha value is -3.32. The second-order valence-electron chi connectivity index (χ2n) is 17.4. The molecular weight excluding hydrogens is 706 g/mol. The van der Waals surface area contributed by atoms with Crippen LogP contribution in [-0.2, 0) is 32.2 Å². The highest BCUT2D eigenvalue weighted by Crippen LogP contribution is 2.68. The molecule has 2 bridgehead atoms. The van der Waals surface area contributed by atoms with Crippen molar-refractivity contribution in [2.24, 2.45) is 34.0 Å². The maximum Gasteiger partial charge on any atom is 0.320 e. The number of hydrogen-bond donors (Lipinski definition) is 1. The Labute approximate surface area is 324 Å². The van der Waals surface area contributed by atoms with Crippen LogP contribution in [0.3, 0.4) is 0 Å². The van der Waals surface area contributed by atoms with Crippen LogP contribution < -0.4 is 4.90 Å². The molecule has 8 atom stereocenters. The van der Waals surface area contributed by atoms with Gasteiger partial charge in [-0.15, -0.1) is 11.7 Å². The van der Waals surface area contributed by atoms with Crippen molar-refractivity contribution in [3.05, 3.63) is 53.8 Å². The molecule has 0 unspecified atom stereocenters. The van der Waals surface area contributed by atoms with Gasteiger partial charge in [-0.3, -0.25) is 24.2 Å². The second kappa shape index (κ2) is 15.3. The first-order valence-electron chi connectivity index (χ1n) is 19.9. The number of hydrogen-bond acceptors (Lipinski definition) is 10. The molecule has 2 saturated heterocycles.